The summed E-state index contributed by atoms with van der Waals surface area (Å²) < 4.78 is 7.16. The van der Waals surface area contributed by atoms with Crippen LogP contribution in [0.25, 0.3) is 16.9 Å². The molecule has 0 atom stereocenters. The summed E-state index contributed by atoms with van der Waals surface area (Å²) in [6, 6.07) is 18.6. The van der Waals surface area contributed by atoms with E-state index in [1.54, 1.807) is 19.5 Å². The molecule has 3 heterocycles. The van der Waals surface area contributed by atoms with Crippen LogP contribution in [0.4, 0.5) is 5.82 Å². The number of hydrogen-bond donors (Lipinski definition) is 0. The van der Waals surface area contributed by atoms with Gasteiger partial charge in [0.25, 0.3) is 0 Å². The summed E-state index contributed by atoms with van der Waals surface area (Å²) in [5, 5.41) is 4.53. The van der Waals surface area contributed by atoms with E-state index in [-0.39, 0.29) is 12.4 Å². The number of anilines is 1. The van der Waals surface area contributed by atoms with Gasteiger partial charge in [-0.1, -0.05) is 42.5 Å². The molecule has 2 aromatic heterocycles. The maximum absolute atomic E-state index is 5.22. The number of nitrogens with zero attached hydrogens (tertiary/aromatic N) is 6. The van der Waals surface area contributed by atoms with Crippen LogP contribution in [0, 0.1) is 0 Å². The highest BCUT2D eigenvalue weighted by atomic mass is 35.5. The monoisotopic (exact) mass is 476 g/mol. The number of hydrogen-bond acceptors (Lipinski definition) is 6. The lowest BCUT2D eigenvalue weighted by molar-refractivity contribution is 0.185. The Balaban J connectivity index is 0.00000274. The molecule has 0 aliphatic carbocycles. The quantitative estimate of drug-likeness (QED) is 0.398. The molecule has 0 N–H and O–H groups in total. The smallest absolute Gasteiger partial charge is 0.155 e. The Hall–Kier alpha value is -3.26. The third-order valence-electron chi connectivity index (χ3n) is 5.95. The summed E-state index contributed by atoms with van der Waals surface area (Å²) in [6.45, 7) is 5.29. The van der Waals surface area contributed by atoms with Gasteiger partial charge < -0.3 is 9.64 Å². The first-order valence-corrected chi connectivity index (χ1v) is 11.3. The highest BCUT2D eigenvalue weighted by Gasteiger charge is 2.22. The second-order valence-electron chi connectivity index (χ2n) is 8.25. The predicted molar refractivity (Wildman–Crippen MR) is 136 cm³/mol. The second-order valence-corrected chi connectivity index (χ2v) is 8.25. The third-order valence-corrected chi connectivity index (χ3v) is 5.95. The van der Waals surface area contributed by atoms with Gasteiger partial charge in [-0.15, -0.1) is 12.4 Å². The van der Waals surface area contributed by atoms with E-state index >= 15 is 0 Å². The molecule has 0 spiro atoms. The fourth-order valence-electron chi connectivity index (χ4n) is 4.23. The van der Waals surface area contributed by atoms with E-state index in [1.165, 1.54) is 5.56 Å². The molecule has 1 aliphatic rings. The van der Waals surface area contributed by atoms with Crippen LogP contribution in [0.1, 0.15) is 11.1 Å². The summed E-state index contributed by atoms with van der Waals surface area (Å²) >= 11 is 0. The molecular formula is C26H29ClN6O. The number of ether oxygens (including phenoxy) is 1. The number of piperazine rings is 1. The lowest BCUT2D eigenvalue weighted by Gasteiger charge is -2.35. The normalized spacial score (nSPS) is 14.1. The van der Waals surface area contributed by atoms with Gasteiger partial charge in [-0.3, -0.25) is 9.88 Å². The van der Waals surface area contributed by atoms with Gasteiger partial charge in [0, 0.05) is 69.6 Å². The molecule has 0 saturated carbocycles. The maximum atomic E-state index is 5.22. The number of benzene rings is 2. The molecule has 5 rings (SSSR count). The number of aromatic nitrogens is 4. The number of methoxy groups -OCH3 is 1. The molecule has 7 nitrogen and oxygen atoms in total. The van der Waals surface area contributed by atoms with E-state index in [9.17, 15) is 0 Å². The first-order valence-electron chi connectivity index (χ1n) is 11.3. The van der Waals surface area contributed by atoms with Crippen LogP contribution in [-0.4, -0.2) is 57.9 Å². The van der Waals surface area contributed by atoms with Gasteiger partial charge in [0.2, 0.25) is 0 Å². The van der Waals surface area contributed by atoms with Gasteiger partial charge >= 0.3 is 0 Å². The first kappa shape index (κ1) is 23.9. The van der Waals surface area contributed by atoms with Crippen LogP contribution < -0.4 is 4.90 Å². The highest BCUT2D eigenvalue weighted by Crippen LogP contribution is 2.28. The van der Waals surface area contributed by atoms with Crippen molar-refractivity contribution in [3.05, 3.63) is 90.5 Å². The summed E-state index contributed by atoms with van der Waals surface area (Å²) in [6.07, 6.45) is 7.63. The van der Waals surface area contributed by atoms with Gasteiger partial charge in [0.1, 0.15) is 5.69 Å². The zero-order valence-electron chi connectivity index (χ0n) is 19.2. The van der Waals surface area contributed by atoms with Crippen molar-refractivity contribution in [2.45, 2.75) is 13.2 Å². The number of para-hydroxylation sites is 1. The van der Waals surface area contributed by atoms with E-state index in [2.05, 4.69) is 62.5 Å². The zero-order valence-corrected chi connectivity index (χ0v) is 20.1. The number of rotatable bonds is 7. The zero-order chi connectivity index (χ0) is 22.5. The minimum absolute atomic E-state index is 0. The van der Waals surface area contributed by atoms with E-state index in [0.717, 1.165) is 61.0 Å². The van der Waals surface area contributed by atoms with Crippen LogP contribution >= 0.6 is 12.4 Å². The molecule has 0 unspecified atom stereocenters. The number of halogens is 1. The first-order chi connectivity index (χ1) is 16.3. The standard InChI is InChI=1S/C26H28N6O.ClH/c1-33-20-21-7-9-23(10-8-21)25-26(28-12-11-27-25)31-15-13-30(14-16-31)18-22-17-29-32(19-22)24-5-3-2-4-6-24;/h2-12,17,19H,13-16,18,20H2,1H3;1H. The van der Waals surface area contributed by atoms with E-state index < -0.39 is 0 Å². The van der Waals surface area contributed by atoms with Crippen LogP contribution in [0.2, 0.25) is 0 Å². The molecule has 176 valence electrons. The van der Waals surface area contributed by atoms with Crippen molar-refractivity contribution in [2.24, 2.45) is 0 Å². The Morgan fingerprint density at radius 1 is 0.853 bits per heavy atom. The Labute approximate surface area is 206 Å². The Morgan fingerprint density at radius 2 is 1.59 bits per heavy atom. The van der Waals surface area contributed by atoms with Crippen LogP contribution in [0.15, 0.2) is 79.4 Å². The van der Waals surface area contributed by atoms with Gasteiger partial charge in [0.15, 0.2) is 5.82 Å². The average Bonchev–Trinajstić information content (AvgIpc) is 3.34. The molecule has 0 amide bonds. The summed E-state index contributed by atoms with van der Waals surface area (Å²) in [5.41, 5.74) is 5.46. The van der Waals surface area contributed by atoms with Crippen molar-refractivity contribution < 1.29 is 4.74 Å². The van der Waals surface area contributed by atoms with Gasteiger partial charge in [0.05, 0.1) is 18.5 Å². The maximum Gasteiger partial charge on any atom is 0.155 e. The van der Waals surface area contributed by atoms with Crippen LogP contribution in [0.3, 0.4) is 0 Å². The van der Waals surface area contributed by atoms with Gasteiger partial charge in [-0.25, -0.2) is 9.67 Å². The average molecular weight is 477 g/mol. The SMILES string of the molecule is COCc1ccc(-c2nccnc2N2CCN(Cc3cnn(-c4ccccc4)c3)CC2)cc1.Cl. The van der Waals surface area contributed by atoms with Crippen molar-refractivity contribution in [3.8, 4) is 16.9 Å². The summed E-state index contributed by atoms with van der Waals surface area (Å²) in [7, 11) is 1.71. The van der Waals surface area contributed by atoms with Crippen molar-refractivity contribution in [3.63, 3.8) is 0 Å². The van der Waals surface area contributed by atoms with Gasteiger partial charge in [-0.2, -0.15) is 5.10 Å². The molecule has 2 aromatic carbocycles. The third kappa shape index (κ3) is 5.44. The van der Waals surface area contributed by atoms with E-state index in [4.69, 9.17) is 9.72 Å². The van der Waals surface area contributed by atoms with E-state index in [1.807, 2.05) is 29.1 Å². The topological polar surface area (TPSA) is 59.3 Å². The Morgan fingerprint density at radius 3 is 2.32 bits per heavy atom. The largest absolute Gasteiger partial charge is 0.380 e. The molecule has 0 radical (unpaired) electrons. The lowest BCUT2D eigenvalue weighted by atomic mass is 10.1. The van der Waals surface area contributed by atoms with Crippen molar-refractivity contribution in [1.29, 1.82) is 0 Å². The fourth-order valence-corrected chi connectivity index (χ4v) is 4.23. The molecule has 0 bridgehead atoms. The minimum atomic E-state index is 0. The van der Waals surface area contributed by atoms with Crippen molar-refractivity contribution in [1.82, 2.24) is 24.6 Å². The molecule has 1 aliphatic heterocycles. The Kier molecular flexibility index (Phi) is 7.90. The van der Waals surface area contributed by atoms with E-state index in [0.29, 0.717) is 6.61 Å². The lowest BCUT2D eigenvalue weighted by Crippen LogP contribution is -2.46. The minimum Gasteiger partial charge on any atom is -0.380 e. The summed E-state index contributed by atoms with van der Waals surface area (Å²) in [4.78, 5) is 14.2. The van der Waals surface area contributed by atoms with Crippen LogP contribution in [-0.2, 0) is 17.9 Å². The molecule has 4 aromatic rings. The molecule has 34 heavy (non-hydrogen) atoms. The molecule has 1 saturated heterocycles. The molecule has 1 fully saturated rings. The van der Waals surface area contributed by atoms with Crippen LogP contribution in [0.5, 0.6) is 0 Å². The highest BCUT2D eigenvalue weighted by molar-refractivity contribution is 5.85. The van der Waals surface area contributed by atoms with Gasteiger partial charge in [-0.05, 0) is 17.7 Å². The fraction of sp³-hybridized carbons (Fsp3) is 0.269. The molecular weight excluding hydrogens is 448 g/mol. The second kappa shape index (κ2) is 11.2. The predicted octanol–water partition coefficient (Wildman–Crippen LogP) is 4.22. The Bertz CT molecular complexity index is 1170. The van der Waals surface area contributed by atoms with Crippen molar-refractivity contribution >= 4 is 18.2 Å². The summed E-state index contributed by atoms with van der Waals surface area (Å²) in [5.74, 6) is 0.952. The molecule has 8 heteroatoms. The van der Waals surface area contributed by atoms with Crippen molar-refractivity contribution in [2.75, 3.05) is 38.2 Å².